The molecular formula is C22H23BrN2O5. The van der Waals surface area contributed by atoms with E-state index in [2.05, 4.69) is 21.2 Å². The van der Waals surface area contributed by atoms with Crippen LogP contribution in [-0.2, 0) is 11.3 Å². The fraction of sp³-hybridized carbons (Fsp3) is 0.273. The number of ether oxygens (including phenoxy) is 4. The second kappa shape index (κ2) is 11.1. The summed E-state index contributed by atoms with van der Waals surface area (Å²) in [5.74, 6) is 1.79. The molecule has 158 valence electrons. The summed E-state index contributed by atoms with van der Waals surface area (Å²) in [5, 5.41) is 12.2. The van der Waals surface area contributed by atoms with Gasteiger partial charge in [-0.3, -0.25) is 4.79 Å². The van der Waals surface area contributed by atoms with Gasteiger partial charge in [0.1, 0.15) is 23.1 Å². The Labute approximate surface area is 184 Å². The molecule has 0 heterocycles. The molecule has 0 saturated heterocycles. The first-order chi connectivity index (χ1) is 14.5. The van der Waals surface area contributed by atoms with Gasteiger partial charge < -0.3 is 24.3 Å². The summed E-state index contributed by atoms with van der Waals surface area (Å²) in [5.41, 5.74) is 1.34. The van der Waals surface area contributed by atoms with Crippen LogP contribution < -0.4 is 24.3 Å². The molecule has 2 aromatic rings. The predicted molar refractivity (Wildman–Crippen MR) is 117 cm³/mol. The Balaban J connectivity index is 2.22. The maximum Gasteiger partial charge on any atom is 0.262 e. The molecule has 2 aromatic carbocycles. The van der Waals surface area contributed by atoms with E-state index in [0.29, 0.717) is 39.6 Å². The first-order valence-corrected chi connectivity index (χ1v) is 9.87. The fourth-order valence-electron chi connectivity index (χ4n) is 2.69. The number of benzene rings is 2. The number of methoxy groups -OCH3 is 3. The predicted octanol–water partition coefficient (Wildman–Crippen LogP) is 4.10. The van der Waals surface area contributed by atoms with Crippen molar-refractivity contribution in [3.63, 3.8) is 0 Å². The van der Waals surface area contributed by atoms with Crippen molar-refractivity contribution in [3.05, 3.63) is 51.5 Å². The first-order valence-electron chi connectivity index (χ1n) is 9.08. The summed E-state index contributed by atoms with van der Waals surface area (Å²) >= 11 is 3.44. The van der Waals surface area contributed by atoms with Crippen molar-refractivity contribution >= 4 is 27.9 Å². The molecule has 0 unspecified atom stereocenters. The second-order valence-corrected chi connectivity index (χ2v) is 6.85. The van der Waals surface area contributed by atoms with E-state index < -0.39 is 5.91 Å². The van der Waals surface area contributed by atoms with Crippen molar-refractivity contribution in [2.75, 3.05) is 27.9 Å². The quantitative estimate of drug-likeness (QED) is 0.434. The lowest BCUT2D eigenvalue weighted by Gasteiger charge is -2.13. The number of amides is 1. The molecule has 7 nitrogen and oxygen atoms in total. The van der Waals surface area contributed by atoms with E-state index in [1.807, 2.05) is 13.0 Å². The minimum atomic E-state index is -0.501. The van der Waals surface area contributed by atoms with Gasteiger partial charge in [-0.2, -0.15) is 5.26 Å². The molecular weight excluding hydrogens is 452 g/mol. The molecule has 0 aromatic heterocycles. The van der Waals surface area contributed by atoms with Gasteiger partial charge in [0.05, 0.1) is 32.4 Å². The van der Waals surface area contributed by atoms with Crippen LogP contribution in [0.2, 0.25) is 0 Å². The van der Waals surface area contributed by atoms with Crippen molar-refractivity contribution in [2.45, 2.75) is 13.5 Å². The summed E-state index contributed by atoms with van der Waals surface area (Å²) in [6.45, 7) is 2.54. The Hall–Kier alpha value is -3.18. The highest BCUT2D eigenvalue weighted by Gasteiger charge is 2.14. The number of nitrogens with zero attached hydrogens (tertiary/aromatic N) is 1. The van der Waals surface area contributed by atoms with Crippen LogP contribution in [0.4, 0.5) is 0 Å². The molecule has 0 aliphatic rings. The number of nitriles is 1. The highest BCUT2D eigenvalue weighted by atomic mass is 79.9. The average molecular weight is 475 g/mol. The average Bonchev–Trinajstić information content (AvgIpc) is 2.77. The minimum Gasteiger partial charge on any atom is -0.497 e. The number of rotatable bonds is 9. The number of hydrogen-bond donors (Lipinski definition) is 1. The van der Waals surface area contributed by atoms with E-state index in [1.165, 1.54) is 20.3 Å². The number of hydrogen-bond acceptors (Lipinski definition) is 6. The van der Waals surface area contributed by atoms with E-state index in [-0.39, 0.29) is 12.1 Å². The van der Waals surface area contributed by atoms with E-state index in [1.54, 1.807) is 37.4 Å². The topological polar surface area (TPSA) is 89.8 Å². The Morgan fingerprint density at radius 3 is 2.47 bits per heavy atom. The van der Waals surface area contributed by atoms with Crippen molar-refractivity contribution in [3.8, 4) is 29.1 Å². The lowest BCUT2D eigenvalue weighted by atomic mass is 10.1. The van der Waals surface area contributed by atoms with Crippen LogP contribution in [0.1, 0.15) is 18.1 Å². The van der Waals surface area contributed by atoms with Crippen molar-refractivity contribution in [1.82, 2.24) is 5.32 Å². The summed E-state index contributed by atoms with van der Waals surface area (Å²) in [4.78, 5) is 12.5. The first kappa shape index (κ1) is 23.1. The van der Waals surface area contributed by atoms with Gasteiger partial charge in [0, 0.05) is 18.2 Å². The number of carbonyl (C=O) groups is 1. The van der Waals surface area contributed by atoms with Gasteiger partial charge in [-0.25, -0.2) is 0 Å². The molecule has 0 saturated carbocycles. The lowest BCUT2D eigenvalue weighted by Crippen LogP contribution is -2.24. The maximum atomic E-state index is 12.5. The van der Waals surface area contributed by atoms with E-state index in [0.717, 1.165) is 5.56 Å². The largest absolute Gasteiger partial charge is 0.497 e. The molecule has 30 heavy (non-hydrogen) atoms. The highest BCUT2D eigenvalue weighted by Crippen LogP contribution is 2.37. The molecule has 0 fully saturated rings. The molecule has 0 spiro atoms. The third kappa shape index (κ3) is 5.67. The van der Waals surface area contributed by atoms with E-state index >= 15 is 0 Å². The monoisotopic (exact) mass is 474 g/mol. The van der Waals surface area contributed by atoms with E-state index in [9.17, 15) is 10.1 Å². The SMILES string of the molecule is CCOc1c(Br)cc(/C=C(\C#N)C(=O)NCc2ccc(OC)cc2OC)cc1OC. The molecule has 0 aliphatic carbocycles. The Kier molecular flexibility index (Phi) is 8.56. The lowest BCUT2D eigenvalue weighted by molar-refractivity contribution is -0.117. The molecule has 0 atom stereocenters. The molecule has 1 N–H and O–H groups in total. The normalized spacial score (nSPS) is 10.7. The fourth-order valence-corrected chi connectivity index (χ4v) is 3.27. The van der Waals surface area contributed by atoms with Crippen LogP contribution in [0.5, 0.6) is 23.0 Å². The van der Waals surface area contributed by atoms with Crippen LogP contribution in [0.25, 0.3) is 6.08 Å². The van der Waals surface area contributed by atoms with Crippen LogP contribution in [0.3, 0.4) is 0 Å². The molecule has 1 amide bonds. The standard InChI is InChI=1S/C22H23BrN2O5/c1-5-30-21-18(23)9-14(10-20(21)29-4)8-16(12-24)22(26)25-13-15-6-7-17(27-2)11-19(15)28-3/h6-11H,5,13H2,1-4H3,(H,25,26)/b16-8+. The number of halogens is 1. The molecule has 0 aliphatic heterocycles. The molecule has 2 rings (SSSR count). The summed E-state index contributed by atoms with van der Waals surface area (Å²) in [6, 6.07) is 10.7. The number of carbonyl (C=O) groups excluding carboxylic acids is 1. The molecule has 0 bridgehead atoms. The van der Waals surface area contributed by atoms with Crippen molar-refractivity contribution < 1.29 is 23.7 Å². The van der Waals surface area contributed by atoms with Crippen LogP contribution >= 0.6 is 15.9 Å². The van der Waals surface area contributed by atoms with Gasteiger partial charge in [-0.05, 0) is 58.8 Å². The van der Waals surface area contributed by atoms with Gasteiger partial charge in [0.25, 0.3) is 5.91 Å². The smallest absolute Gasteiger partial charge is 0.262 e. The second-order valence-electron chi connectivity index (χ2n) is 6.00. The summed E-state index contributed by atoms with van der Waals surface area (Å²) in [7, 11) is 4.63. The molecule has 8 heteroatoms. The third-order valence-corrected chi connectivity index (χ3v) is 4.74. The van der Waals surface area contributed by atoms with Crippen LogP contribution in [0, 0.1) is 11.3 Å². The zero-order chi connectivity index (χ0) is 22.1. The third-order valence-electron chi connectivity index (χ3n) is 4.15. The van der Waals surface area contributed by atoms with E-state index in [4.69, 9.17) is 18.9 Å². The van der Waals surface area contributed by atoms with Gasteiger partial charge in [-0.15, -0.1) is 0 Å². The minimum absolute atomic E-state index is 0.0411. The van der Waals surface area contributed by atoms with Crippen molar-refractivity contribution in [2.24, 2.45) is 0 Å². The van der Waals surface area contributed by atoms with Gasteiger partial charge in [0.2, 0.25) is 0 Å². The Morgan fingerprint density at radius 2 is 1.87 bits per heavy atom. The summed E-state index contributed by atoms with van der Waals surface area (Å²) in [6.07, 6.45) is 1.49. The van der Waals surface area contributed by atoms with Crippen molar-refractivity contribution in [1.29, 1.82) is 5.26 Å². The van der Waals surface area contributed by atoms with Crippen LogP contribution in [-0.4, -0.2) is 33.8 Å². The maximum absolute atomic E-state index is 12.5. The Bertz CT molecular complexity index is 982. The molecule has 0 radical (unpaired) electrons. The summed E-state index contributed by atoms with van der Waals surface area (Å²) < 4.78 is 22.1. The van der Waals surface area contributed by atoms with Gasteiger partial charge in [-0.1, -0.05) is 0 Å². The van der Waals surface area contributed by atoms with Gasteiger partial charge >= 0.3 is 0 Å². The Morgan fingerprint density at radius 1 is 1.13 bits per heavy atom. The van der Waals surface area contributed by atoms with Gasteiger partial charge in [0.15, 0.2) is 11.5 Å². The highest BCUT2D eigenvalue weighted by molar-refractivity contribution is 9.10. The zero-order valence-corrected chi connectivity index (χ0v) is 18.8. The number of nitrogens with one attached hydrogen (secondary N) is 1. The zero-order valence-electron chi connectivity index (χ0n) is 17.2. The van der Waals surface area contributed by atoms with Crippen LogP contribution in [0.15, 0.2) is 40.4 Å².